The first-order chi connectivity index (χ1) is 14.0. The first-order valence-electron chi connectivity index (χ1n) is 12.2. The van der Waals surface area contributed by atoms with Crippen molar-refractivity contribution in [2.75, 3.05) is 6.54 Å². The number of hydrazone groups is 1. The Morgan fingerprint density at radius 2 is 1.90 bits per heavy atom. The van der Waals surface area contributed by atoms with Crippen molar-refractivity contribution in [1.29, 1.82) is 0 Å². The molecule has 4 heteroatoms. The van der Waals surface area contributed by atoms with Crippen molar-refractivity contribution in [3.63, 3.8) is 0 Å². The Labute approximate surface area is 184 Å². The van der Waals surface area contributed by atoms with Crippen molar-refractivity contribution in [2.24, 2.45) is 56.7 Å². The van der Waals surface area contributed by atoms with Gasteiger partial charge in [-0.05, 0) is 98.2 Å². The molecule has 0 aromatic rings. The predicted octanol–water partition coefficient (Wildman–Crippen LogP) is 5.62. The number of rotatable bonds is 3. The van der Waals surface area contributed by atoms with E-state index in [9.17, 15) is 0 Å². The third kappa shape index (κ3) is 3.34. The van der Waals surface area contributed by atoms with Crippen LogP contribution in [0.1, 0.15) is 86.0 Å². The average Bonchev–Trinajstić information content (AvgIpc) is 3.05. The lowest BCUT2D eigenvalue weighted by atomic mass is 9.46. The van der Waals surface area contributed by atoms with E-state index in [0.29, 0.717) is 34.5 Å². The molecule has 3 fully saturated rings. The molecule has 4 rings (SSSR count). The molecule has 0 saturated heterocycles. The smallest absolute Gasteiger partial charge is 0.135 e. The van der Waals surface area contributed by atoms with Crippen LogP contribution in [-0.2, 0) is 0 Å². The van der Waals surface area contributed by atoms with Gasteiger partial charge in [0.1, 0.15) is 5.84 Å². The number of nitrogens with two attached hydrogens (primary N) is 2. The summed E-state index contributed by atoms with van der Waals surface area (Å²) in [7, 11) is 0. The third-order valence-electron chi connectivity index (χ3n) is 10.0. The Bertz CT molecular complexity index is 765. The molecule has 4 N–H and O–H groups in total. The van der Waals surface area contributed by atoms with Crippen LogP contribution in [-0.4, -0.2) is 17.4 Å². The van der Waals surface area contributed by atoms with Crippen LogP contribution in [0, 0.1) is 39.9 Å². The van der Waals surface area contributed by atoms with Crippen LogP contribution >= 0.6 is 0 Å². The van der Waals surface area contributed by atoms with Gasteiger partial charge in [0.2, 0.25) is 0 Å². The molecule has 0 radical (unpaired) electrons. The third-order valence-corrected chi connectivity index (χ3v) is 10.0. The van der Waals surface area contributed by atoms with Gasteiger partial charge < -0.3 is 5.84 Å². The molecule has 30 heavy (non-hydrogen) atoms. The molecule has 168 valence electrons. The molecule has 0 aromatic heterocycles. The summed E-state index contributed by atoms with van der Waals surface area (Å²) in [6.45, 7) is 17.1. The lowest BCUT2D eigenvalue weighted by Crippen LogP contribution is -2.49. The highest BCUT2D eigenvalue weighted by molar-refractivity contribution is 5.78. The zero-order chi connectivity index (χ0) is 21.9. The summed E-state index contributed by atoms with van der Waals surface area (Å²) >= 11 is 0. The van der Waals surface area contributed by atoms with Crippen LogP contribution in [0.4, 0.5) is 0 Å². The van der Waals surface area contributed by atoms with E-state index in [2.05, 4.69) is 45.5 Å². The lowest BCUT2D eigenvalue weighted by molar-refractivity contribution is -0.000574. The van der Waals surface area contributed by atoms with E-state index in [1.54, 1.807) is 5.01 Å². The maximum atomic E-state index is 6.18. The summed E-state index contributed by atoms with van der Waals surface area (Å²) in [6.07, 6.45) is 13.5. The second-order valence-electron chi connectivity index (χ2n) is 12.2. The van der Waals surface area contributed by atoms with Gasteiger partial charge in [-0.15, -0.1) is 0 Å². The Kier molecular flexibility index (Phi) is 5.40. The maximum Gasteiger partial charge on any atom is 0.135 e. The summed E-state index contributed by atoms with van der Waals surface area (Å²) in [4.78, 5) is 0. The van der Waals surface area contributed by atoms with Gasteiger partial charge in [-0.3, -0.25) is 5.01 Å². The van der Waals surface area contributed by atoms with E-state index in [-0.39, 0.29) is 0 Å². The molecule has 0 aliphatic heterocycles. The Morgan fingerprint density at radius 3 is 2.60 bits per heavy atom. The standard InChI is InChI=1S/C26H44N4/c1-17(16-30(28)18(2)29-27)21-9-10-22-20-8-7-19-15-24(3,4)13-14-25(19,5)23(20)11-12-26(21,22)6/h11,19-22H,1,7-10,12-16,27-28H2,2-6H3/b29-18-. The highest BCUT2D eigenvalue weighted by Crippen LogP contribution is 2.67. The topological polar surface area (TPSA) is 67.6 Å². The minimum absolute atomic E-state index is 0.316. The first kappa shape index (κ1) is 21.9. The highest BCUT2D eigenvalue weighted by atomic mass is 15.4. The van der Waals surface area contributed by atoms with E-state index in [0.717, 1.165) is 17.8 Å². The zero-order valence-electron chi connectivity index (χ0n) is 20.0. The van der Waals surface area contributed by atoms with E-state index in [4.69, 9.17) is 11.7 Å². The largest absolute Gasteiger partial charge is 0.322 e. The van der Waals surface area contributed by atoms with Crippen molar-refractivity contribution in [3.8, 4) is 0 Å². The summed E-state index contributed by atoms with van der Waals surface area (Å²) in [6, 6.07) is 0. The SMILES string of the molecule is C=C(CN(N)/C(C)=N\N)C1CCC2C3CCC4CC(C)(C)CCC4(C)C3=CCC12C. The van der Waals surface area contributed by atoms with Crippen LogP contribution in [0.3, 0.4) is 0 Å². The van der Waals surface area contributed by atoms with Gasteiger partial charge in [0.15, 0.2) is 0 Å². The van der Waals surface area contributed by atoms with Crippen LogP contribution in [0.15, 0.2) is 28.9 Å². The number of hydrogen-bond acceptors (Lipinski definition) is 3. The Morgan fingerprint density at radius 1 is 1.17 bits per heavy atom. The Balaban J connectivity index is 1.56. The fraction of sp³-hybridized carbons (Fsp3) is 0.808. The predicted molar refractivity (Wildman–Crippen MR) is 126 cm³/mol. The molecule has 4 aliphatic rings. The molecule has 4 aliphatic carbocycles. The monoisotopic (exact) mass is 412 g/mol. The molecule has 0 aromatic carbocycles. The lowest BCUT2D eigenvalue weighted by Gasteiger charge is -2.58. The molecule has 6 unspecified atom stereocenters. The van der Waals surface area contributed by atoms with Crippen LogP contribution in [0.25, 0.3) is 0 Å². The average molecular weight is 413 g/mol. The minimum atomic E-state index is 0.316. The second-order valence-corrected chi connectivity index (χ2v) is 12.2. The fourth-order valence-electron chi connectivity index (χ4n) is 8.10. The van der Waals surface area contributed by atoms with Crippen molar-refractivity contribution >= 4 is 5.84 Å². The molecule has 0 bridgehead atoms. The molecular weight excluding hydrogens is 368 g/mol. The van der Waals surface area contributed by atoms with Crippen molar-refractivity contribution < 1.29 is 0 Å². The number of fused-ring (bicyclic) bond motifs is 5. The second kappa shape index (κ2) is 7.39. The van der Waals surface area contributed by atoms with Crippen LogP contribution < -0.4 is 11.7 Å². The summed E-state index contributed by atoms with van der Waals surface area (Å²) in [5, 5.41) is 5.40. The van der Waals surface area contributed by atoms with Gasteiger partial charge in [-0.1, -0.05) is 51.5 Å². The minimum Gasteiger partial charge on any atom is -0.322 e. The summed E-state index contributed by atoms with van der Waals surface area (Å²) < 4.78 is 0. The molecule has 0 heterocycles. The zero-order valence-corrected chi connectivity index (χ0v) is 20.0. The van der Waals surface area contributed by atoms with Crippen LogP contribution in [0.2, 0.25) is 0 Å². The molecule has 3 saturated carbocycles. The van der Waals surface area contributed by atoms with E-state index < -0.39 is 0 Å². The summed E-state index contributed by atoms with van der Waals surface area (Å²) in [5.74, 6) is 15.2. The highest BCUT2D eigenvalue weighted by Gasteiger charge is 2.57. The van der Waals surface area contributed by atoms with Gasteiger partial charge in [-0.25, -0.2) is 5.84 Å². The molecule has 4 nitrogen and oxygen atoms in total. The van der Waals surface area contributed by atoms with Gasteiger partial charge in [0.25, 0.3) is 0 Å². The molecule has 0 spiro atoms. The van der Waals surface area contributed by atoms with Gasteiger partial charge in [-0.2, -0.15) is 5.10 Å². The number of hydrogen-bond donors (Lipinski definition) is 2. The van der Waals surface area contributed by atoms with Crippen molar-refractivity contribution in [3.05, 3.63) is 23.8 Å². The van der Waals surface area contributed by atoms with Gasteiger partial charge in [0, 0.05) is 0 Å². The Hall–Kier alpha value is -1.29. The number of amidine groups is 1. The van der Waals surface area contributed by atoms with Crippen molar-refractivity contribution in [2.45, 2.75) is 86.0 Å². The van der Waals surface area contributed by atoms with Crippen LogP contribution in [0.5, 0.6) is 0 Å². The van der Waals surface area contributed by atoms with E-state index in [1.807, 2.05) is 12.5 Å². The van der Waals surface area contributed by atoms with Gasteiger partial charge >= 0.3 is 0 Å². The molecule has 0 amide bonds. The summed E-state index contributed by atoms with van der Waals surface area (Å²) in [5.41, 5.74) is 4.38. The maximum absolute atomic E-state index is 6.18. The molecule has 6 atom stereocenters. The van der Waals surface area contributed by atoms with E-state index >= 15 is 0 Å². The van der Waals surface area contributed by atoms with Gasteiger partial charge in [0.05, 0.1) is 6.54 Å². The van der Waals surface area contributed by atoms with E-state index in [1.165, 1.54) is 56.9 Å². The fourth-order valence-corrected chi connectivity index (χ4v) is 8.10. The number of nitrogens with zero attached hydrogens (tertiary/aromatic N) is 2. The normalized spacial score (nSPS) is 42.6. The quantitative estimate of drug-likeness (QED) is 0.208. The van der Waals surface area contributed by atoms with Crippen molar-refractivity contribution in [1.82, 2.24) is 5.01 Å². The first-order valence-corrected chi connectivity index (χ1v) is 12.2. The number of hydrazine groups is 1. The number of allylic oxidation sites excluding steroid dienone is 2. The molecular formula is C26H44N4.